The second-order valence-electron chi connectivity index (χ2n) is 6.10. The minimum absolute atomic E-state index is 0.0282. The number of fused-ring (bicyclic) bond motifs is 1. The van der Waals surface area contributed by atoms with Crippen LogP contribution >= 0.6 is 23.5 Å². The molecule has 24 heavy (non-hydrogen) atoms. The van der Waals surface area contributed by atoms with Crippen molar-refractivity contribution in [2.75, 3.05) is 12.5 Å². The highest BCUT2D eigenvalue weighted by Gasteiger charge is 2.32. The smallest absolute Gasteiger partial charge is 0.167 e. The molecule has 0 fully saturated rings. The van der Waals surface area contributed by atoms with Crippen LogP contribution in [-0.2, 0) is 0 Å². The molecule has 124 valence electrons. The highest BCUT2D eigenvalue weighted by molar-refractivity contribution is 8.21. The standard InChI is InChI=1S/C21H22OS2/c1-14(21(23-2)24-3)18-9-6-10-19(18)20(22)17-12-11-15-7-4-5-8-16(15)13-17/h4-9,11-13,18-19H,10H2,1-3H3/t18-,19+/m1/s1. The Morgan fingerprint density at radius 2 is 1.75 bits per heavy atom. The summed E-state index contributed by atoms with van der Waals surface area (Å²) in [6.07, 6.45) is 9.42. The van der Waals surface area contributed by atoms with Crippen LogP contribution in [0.25, 0.3) is 10.8 Å². The monoisotopic (exact) mass is 354 g/mol. The summed E-state index contributed by atoms with van der Waals surface area (Å²) >= 11 is 3.55. The second kappa shape index (κ2) is 7.62. The SMILES string of the molecule is CSC(SC)=C(C)[C@H]1C=CC[C@@H]1C(=O)c1ccc2ccccc2c1. The molecular formula is C21H22OS2. The molecule has 0 aromatic heterocycles. The van der Waals surface area contributed by atoms with Crippen LogP contribution in [0.3, 0.4) is 0 Å². The summed E-state index contributed by atoms with van der Waals surface area (Å²) in [7, 11) is 0. The fraction of sp³-hybridized carbons (Fsp3) is 0.286. The number of thioether (sulfide) groups is 2. The molecule has 0 amide bonds. The van der Waals surface area contributed by atoms with Gasteiger partial charge in [-0.15, -0.1) is 23.5 Å². The number of hydrogen-bond acceptors (Lipinski definition) is 3. The van der Waals surface area contributed by atoms with E-state index in [1.54, 1.807) is 23.5 Å². The van der Waals surface area contributed by atoms with E-state index in [1.165, 1.54) is 15.2 Å². The van der Waals surface area contributed by atoms with E-state index < -0.39 is 0 Å². The average Bonchev–Trinajstić information content (AvgIpc) is 3.11. The molecule has 2 atom stereocenters. The van der Waals surface area contributed by atoms with Gasteiger partial charge in [0.05, 0.1) is 0 Å². The van der Waals surface area contributed by atoms with E-state index >= 15 is 0 Å². The lowest BCUT2D eigenvalue weighted by Crippen LogP contribution is -2.20. The molecular weight excluding hydrogens is 332 g/mol. The number of ketones is 1. The third-order valence-corrected chi connectivity index (χ3v) is 7.12. The normalized spacial score (nSPS) is 19.6. The lowest BCUT2D eigenvalue weighted by atomic mass is 9.84. The Balaban J connectivity index is 1.92. The fourth-order valence-corrected chi connectivity index (χ4v) is 5.05. The predicted molar refractivity (Wildman–Crippen MR) is 109 cm³/mol. The van der Waals surface area contributed by atoms with Crippen LogP contribution in [0.5, 0.6) is 0 Å². The van der Waals surface area contributed by atoms with Gasteiger partial charge >= 0.3 is 0 Å². The van der Waals surface area contributed by atoms with E-state index in [1.807, 2.05) is 24.3 Å². The highest BCUT2D eigenvalue weighted by Crippen LogP contribution is 2.39. The quantitative estimate of drug-likeness (QED) is 0.472. The molecule has 3 heteroatoms. The summed E-state index contributed by atoms with van der Waals surface area (Å²) in [6.45, 7) is 2.17. The van der Waals surface area contributed by atoms with Gasteiger partial charge in [-0.2, -0.15) is 0 Å². The van der Waals surface area contributed by atoms with Crippen molar-refractivity contribution in [2.45, 2.75) is 13.3 Å². The lowest BCUT2D eigenvalue weighted by molar-refractivity contribution is 0.0907. The Labute approximate surface area is 152 Å². The molecule has 2 aromatic carbocycles. The maximum atomic E-state index is 13.1. The van der Waals surface area contributed by atoms with Crippen LogP contribution < -0.4 is 0 Å². The van der Waals surface area contributed by atoms with Crippen molar-refractivity contribution >= 4 is 40.1 Å². The van der Waals surface area contributed by atoms with Crippen LogP contribution in [0.15, 0.2) is 64.4 Å². The average molecular weight is 355 g/mol. The van der Waals surface area contributed by atoms with E-state index in [4.69, 9.17) is 0 Å². The van der Waals surface area contributed by atoms with E-state index in [-0.39, 0.29) is 17.6 Å². The topological polar surface area (TPSA) is 17.1 Å². The van der Waals surface area contributed by atoms with Crippen LogP contribution in [0, 0.1) is 11.8 Å². The van der Waals surface area contributed by atoms with Crippen molar-refractivity contribution in [1.29, 1.82) is 0 Å². The molecule has 1 aliphatic rings. The van der Waals surface area contributed by atoms with Crippen LogP contribution in [0.1, 0.15) is 23.7 Å². The van der Waals surface area contributed by atoms with E-state index in [0.717, 1.165) is 17.4 Å². The van der Waals surface area contributed by atoms with Gasteiger partial charge in [-0.3, -0.25) is 4.79 Å². The number of rotatable bonds is 5. The molecule has 0 unspecified atom stereocenters. The van der Waals surface area contributed by atoms with Crippen LogP contribution in [-0.4, -0.2) is 18.3 Å². The Morgan fingerprint density at radius 3 is 2.46 bits per heavy atom. The first-order valence-corrected chi connectivity index (χ1v) is 10.6. The molecule has 0 radical (unpaired) electrons. The van der Waals surface area contributed by atoms with Crippen molar-refractivity contribution in [3.8, 4) is 0 Å². The number of hydrogen-bond donors (Lipinski definition) is 0. The van der Waals surface area contributed by atoms with E-state index in [2.05, 4.69) is 49.8 Å². The first kappa shape index (κ1) is 17.4. The van der Waals surface area contributed by atoms with Crippen molar-refractivity contribution < 1.29 is 4.79 Å². The molecule has 1 nitrogen and oxygen atoms in total. The Hall–Kier alpha value is -1.45. The van der Waals surface area contributed by atoms with Crippen molar-refractivity contribution in [1.82, 2.24) is 0 Å². The van der Waals surface area contributed by atoms with Gasteiger partial charge in [0.25, 0.3) is 0 Å². The zero-order valence-electron chi connectivity index (χ0n) is 14.3. The van der Waals surface area contributed by atoms with Gasteiger partial charge in [0.1, 0.15) is 0 Å². The van der Waals surface area contributed by atoms with Gasteiger partial charge in [-0.1, -0.05) is 48.6 Å². The molecule has 0 heterocycles. The molecule has 0 saturated heterocycles. The Bertz CT molecular complexity index is 813. The minimum Gasteiger partial charge on any atom is -0.294 e. The first-order valence-electron chi connectivity index (χ1n) is 8.14. The summed E-state index contributed by atoms with van der Waals surface area (Å²) in [5, 5.41) is 2.31. The van der Waals surface area contributed by atoms with Crippen LogP contribution in [0.2, 0.25) is 0 Å². The van der Waals surface area contributed by atoms with Gasteiger partial charge in [-0.25, -0.2) is 0 Å². The van der Waals surface area contributed by atoms with E-state index in [0.29, 0.717) is 0 Å². The number of carbonyl (C=O) groups is 1. The van der Waals surface area contributed by atoms with E-state index in [9.17, 15) is 4.79 Å². The Kier molecular flexibility index (Phi) is 5.52. The zero-order valence-corrected chi connectivity index (χ0v) is 15.9. The lowest BCUT2D eigenvalue weighted by Gasteiger charge is -2.21. The van der Waals surface area contributed by atoms with Crippen molar-refractivity contribution in [3.05, 3.63) is 70.0 Å². The molecule has 0 bridgehead atoms. The van der Waals surface area contributed by atoms with Gasteiger partial charge in [0.2, 0.25) is 0 Å². The number of benzene rings is 2. The second-order valence-corrected chi connectivity index (χ2v) is 7.99. The molecule has 0 N–H and O–H groups in total. The van der Waals surface area contributed by atoms with Crippen molar-refractivity contribution in [2.24, 2.45) is 11.8 Å². The number of Topliss-reactive ketones (excluding diaryl/α,β-unsaturated/α-hetero) is 1. The molecule has 2 aromatic rings. The molecule has 0 saturated carbocycles. The molecule has 0 spiro atoms. The molecule has 3 rings (SSSR count). The van der Waals surface area contributed by atoms with Gasteiger partial charge < -0.3 is 0 Å². The maximum absolute atomic E-state index is 13.1. The fourth-order valence-electron chi connectivity index (χ4n) is 3.47. The number of allylic oxidation sites excluding steroid dienone is 3. The third-order valence-electron chi connectivity index (χ3n) is 4.73. The summed E-state index contributed by atoms with van der Waals surface area (Å²) in [5.74, 6) is 0.510. The van der Waals surface area contributed by atoms with Crippen LogP contribution in [0.4, 0.5) is 0 Å². The first-order chi connectivity index (χ1) is 11.7. The predicted octanol–water partition coefficient (Wildman–Crippen LogP) is 6.17. The molecule has 1 aliphatic carbocycles. The summed E-state index contributed by atoms with van der Waals surface area (Å²) in [5.41, 5.74) is 2.15. The molecule has 0 aliphatic heterocycles. The largest absolute Gasteiger partial charge is 0.294 e. The summed E-state index contributed by atoms with van der Waals surface area (Å²) in [4.78, 5) is 13.1. The van der Waals surface area contributed by atoms with Gasteiger partial charge in [-0.05, 0) is 48.3 Å². The minimum atomic E-state index is 0.0282. The number of carbonyl (C=O) groups excluding carboxylic acids is 1. The van der Waals surface area contributed by atoms with Gasteiger partial charge in [0, 0.05) is 21.6 Å². The summed E-state index contributed by atoms with van der Waals surface area (Å²) in [6, 6.07) is 14.3. The third kappa shape index (κ3) is 3.33. The van der Waals surface area contributed by atoms with Gasteiger partial charge in [0.15, 0.2) is 5.78 Å². The Morgan fingerprint density at radius 1 is 1.04 bits per heavy atom. The summed E-state index contributed by atoms with van der Waals surface area (Å²) < 4.78 is 1.32. The highest BCUT2D eigenvalue weighted by atomic mass is 32.2. The zero-order chi connectivity index (χ0) is 17.1. The van der Waals surface area contributed by atoms with Crippen molar-refractivity contribution in [3.63, 3.8) is 0 Å². The maximum Gasteiger partial charge on any atom is 0.167 e.